The predicted octanol–water partition coefficient (Wildman–Crippen LogP) is 3.62. The van der Waals surface area contributed by atoms with Crippen LogP contribution in [0.3, 0.4) is 0 Å². The van der Waals surface area contributed by atoms with Gasteiger partial charge >= 0.3 is 0 Å². The Kier molecular flexibility index (Phi) is 10.0. The van der Waals surface area contributed by atoms with Crippen LogP contribution in [0.2, 0.25) is 0 Å². The summed E-state index contributed by atoms with van der Waals surface area (Å²) in [7, 11) is -3.62. The third-order valence-corrected chi connectivity index (χ3v) is 6.67. The second kappa shape index (κ2) is 12.5. The molecule has 1 atom stereocenters. The Labute approximate surface area is 202 Å². The van der Waals surface area contributed by atoms with Crippen molar-refractivity contribution < 1.29 is 22.4 Å². The summed E-state index contributed by atoms with van der Waals surface area (Å²) in [6.07, 6.45) is 1.84. The van der Waals surface area contributed by atoms with Gasteiger partial charge in [0.1, 0.15) is 11.9 Å². The Balaban J connectivity index is 2.18. The fourth-order valence-corrected chi connectivity index (χ4v) is 4.68. The molecule has 0 spiro atoms. The van der Waals surface area contributed by atoms with Gasteiger partial charge in [-0.05, 0) is 56.5 Å². The van der Waals surface area contributed by atoms with Crippen molar-refractivity contribution in [2.75, 3.05) is 23.7 Å². The molecule has 0 fully saturated rings. The van der Waals surface area contributed by atoms with Gasteiger partial charge in [-0.1, -0.05) is 36.8 Å². The lowest BCUT2D eigenvalue weighted by molar-refractivity contribution is -0.141. The minimum Gasteiger partial charge on any atom is -0.355 e. The van der Waals surface area contributed by atoms with Crippen molar-refractivity contribution in [1.29, 1.82) is 0 Å². The highest BCUT2D eigenvalue weighted by molar-refractivity contribution is 7.92. The number of nitrogens with one attached hydrogen (secondary N) is 1. The number of hydrogen-bond acceptors (Lipinski definition) is 4. The SMILES string of the molecule is CCNC(=O)[C@H](CC)N(Cc1ccc(C)cc1)C(=O)CCCN(c1ccc(F)cc1)S(C)(=O)=O. The molecule has 0 saturated carbocycles. The Hall–Kier alpha value is -2.94. The van der Waals surface area contributed by atoms with Gasteiger partial charge in [0.05, 0.1) is 11.9 Å². The van der Waals surface area contributed by atoms with Crippen LogP contribution in [0.5, 0.6) is 0 Å². The first-order valence-electron chi connectivity index (χ1n) is 11.4. The Bertz CT molecular complexity index is 1060. The number of carbonyl (C=O) groups excluding carboxylic acids is 2. The number of amides is 2. The molecule has 7 nitrogen and oxygen atoms in total. The molecule has 1 N–H and O–H groups in total. The van der Waals surface area contributed by atoms with E-state index in [4.69, 9.17) is 0 Å². The first-order valence-corrected chi connectivity index (χ1v) is 13.3. The van der Waals surface area contributed by atoms with Gasteiger partial charge in [-0.25, -0.2) is 12.8 Å². The van der Waals surface area contributed by atoms with E-state index in [1.807, 2.05) is 45.0 Å². The third kappa shape index (κ3) is 7.83. The Morgan fingerprint density at radius 1 is 1.03 bits per heavy atom. The van der Waals surface area contributed by atoms with Crippen molar-refractivity contribution in [2.45, 2.75) is 52.6 Å². The summed E-state index contributed by atoms with van der Waals surface area (Å²) in [5.74, 6) is -0.907. The standard InChI is InChI=1S/C25H34FN3O4S/c1-5-23(25(31)27-6-2)28(18-20-11-9-19(3)10-12-20)24(30)8-7-17-29(34(4,32)33)22-15-13-21(26)14-16-22/h9-16,23H,5-8,17-18H2,1-4H3,(H,27,31)/t23-/m0/s1. The molecule has 0 radical (unpaired) electrons. The van der Waals surface area contributed by atoms with E-state index in [1.54, 1.807) is 4.90 Å². The van der Waals surface area contributed by atoms with Gasteiger partial charge in [0.2, 0.25) is 21.8 Å². The summed E-state index contributed by atoms with van der Waals surface area (Å²) in [4.78, 5) is 27.5. The number of hydrogen-bond donors (Lipinski definition) is 1. The molecule has 0 aromatic heterocycles. The number of rotatable bonds is 12. The first-order chi connectivity index (χ1) is 16.1. The number of benzene rings is 2. The van der Waals surface area contributed by atoms with Gasteiger partial charge in [-0.3, -0.25) is 13.9 Å². The zero-order chi connectivity index (χ0) is 25.3. The lowest BCUT2D eigenvalue weighted by Gasteiger charge is -2.31. The minimum atomic E-state index is -3.62. The van der Waals surface area contributed by atoms with Crippen molar-refractivity contribution in [3.63, 3.8) is 0 Å². The summed E-state index contributed by atoms with van der Waals surface area (Å²) in [5, 5.41) is 2.80. The number of aryl methyl sites for hydroxylation is 1. The van der Waals surface area contributed by atoms with Gasteiger partial charge in [-0.15, -0.1) is 0 Å². The fourth-order valence-electron chi connectivity index (χ4n) is 3.71. The molecule has 2 aromatic rings. The quantitative estimate of drug-likeness (QED) is 0.491. The maximum absolute atomic E-state index is 13.3. The van der Waals surface area contributed by atoms with Gasteiger partial charge in [0.15, 0.2) is 0 Å². The molecule has 2 rings (SSSR count). The van der Waals surface area contributed by atoms with Gasteiger partial charge in [-0.2, -0.15) is 0 Å². The summed E-state index contributed by atoms with van der Waals surface area (Å²) in [6, 6.07) is 12.3. The van der Waals surface area contributed by atoms with Crippen molar-refractivity contribution in [3.05, 3.63) is 65.5 Å². The van der Waals surface area contributed by atoms with E-state index >= 15 is 0 Å². The van der Waals surface area contributed by atoms with E-state index < -0.39 is 21.9 Å². The van der Waals surface area contributed by atoms with Crippen molar-refractivity contribution in [1.82, 2.24) is 10.2 Å². The lowest BCUT2D eigenvalue weighted by Crippen LogP contribution is -2.49. The average molecular weight is 492 g/mol. The number of carbonyl (C=O) groups is 2. The largest absolute Gasteiger partial charge is 0.355 e. The highest BCUT2D eigenvalue weighted by atomic mass is 32.2. The van der Waals surface area contributed by atoms with Crippen LogP contribution in [0.25, 0.3) is 0 Å². The minimum absolute atomic E-state index is 0.0620. The molecule has 0 unspecified atom stereocenters. The van der Waals surface area contributed by atoms with E-state index in [0.717, 1.165) is 21.7 Å². The smallest absolute Gasteiger partial charge is 0.242 e. The highest BCUT2D eigenvalue weighted by Crippen LogP contribution is 2.20. The molecule has 2 amide bonds. The van der Waals surface area contributed by atoms with E-state index in [0.29, 0.717) is 18.7 Å². The van der Waals surface area contributed by atoms with Crippen LogP contribution in [0.15, 0.2) is 48.5 Å². The van der Waals surface area contributed by atoms with E-state index in [1.165, 1.54) is 24.3 Å². The monoisotopic (exact) mass is 491 g/mol. The van der Waals surface area contributed by atoms with E-state index in [2.05, 4.69) is 5.32 Å². The van der Waals surface area contributed by atoms with Gasteiger partial charge in [0, 0.05) is 26.1 Å². The summed E-state index contributed by atoms with van der Waals surface area (Å²) >= 11 is 0. The molecule has 0 saturated heterocycles. The molecule has 9 heteroatoms. The number of nitrogens with zero attached hydrogens (tertiary/aromatic N) is 2. The number of halogens is 1. The second-order valence-electron chi connectivity index (χ2n) is 8.24. The summed E-state index contributed by atoms with van der Waals surface area (Å²) in [5.41, 5.74) is 2.34. The molecule has 186 valence electrons. The molecule has 0 heterocycles. The Morgan fingerprint density at radius 3 is 2.18 bits per heavy atom. The average Bonchev–Trinajstić information content (AvgIpc) is 2.78. The van der Waals surface area contributed by atoms with Crippen LogP contribution in [0.1, 0.15) is 44.2 Å². The summed E-state index contributed by atoms with van der Waals surface area (Å²) < 4.78 is 39.0. The van der Waals surface area contributed by atoms with Crippen LogP contribution in [0.4, 0.5) is 10.1 Å². The molecular weight excluding hydrogens is 457 g/mol. The highest BCUT2D eigenvalue weighted by Gasteiger charge is 2.28. The van der Waals surface area contributed by atoms with Crippen LogP contribution < -0.4 is 9.62 Å². The molecule has 0 aliphatic carbocycles. The second-order valence-corrected chi connectivity index (χ2v) is 10.1. The predicted molar refractivity (Wildman–Crippen MR) is 132 cm³/mol. The van der Waals surface area contributed by atoms with E-state index in [-0.39, 0.29) is 37.7 Å². The van der Waals surface area contributed by atoms with Crippen molar-refractivity contribution in [2.24, 2.45) is 0 Å². The topological polar surface area (TPSA) is 86.8 Å². The zero-order valence-corrected chi connectivity index (χ0v) is 21.1. The van der Waals surface area contributed by atoms with Crippen molar-refractivity contribution >= 4 is 27.5 Å². The summed E-state index contributed by atoms with van der Waals surface area (Å²) in [6.45, 7) is 6.46. The van der Waals surface area contributed by atoms with E-state index in [9.17, 15) is 22.4 Å². The van der Waals surface area contributed by atoms with Crippen LogP contribution in [-0.4, -0.2) is 50.5 Å². The maximum atomic E-state index is 13.3. The van der Waals surface area contributed by atoms with Gasteiger partial charge < -0.3 is 10.2 Å². The molecule has 0 bridgehead atoms. The van der Waals surface area contributed by atoms with Crippen LogP contribution in [-0.2, 0) is 26.2 Å². The number of anilines is 1. The fraction of sp³-hybridized carbons (Fsp3) is 0.440. The number of sulfonamides is 1. The molecule has 0 aliphatic heterocycles. The first kappa shape index (κ1) is 27.3. The zero-order valence-electron chi connectivity index (χ0n) is 20.3. The number of likely N-dealkylation sites (N-methyl/N-ethyl adjacent to an activating group) is 1. The maximum Gasteiger partial charge on any atom is 0.242 e. The van der Waals surface area contributed by atoms with Crippen molar-refractivity contribution in [3.8, 4) is 0 Å². The molecule has 0 aliphatic rings. The molecule has 34 heavy (non-hydrogen) atoms. The van der Waals surface area contributed by atoms with Crippen LogP contribution >= 0.6 is 0 Å². The lowest BCUT2D eigenvalue weighted by atomic mass is 10.1. The third-order valence-electron chi connectivity index (χ3n) is 5.48. The van der Waals surface area contributed by atoms with Gasteiger partial charge in [0.25, 0.3) is 0 Å². The molecular formula is C25H34FN3O4S. The van der Waals surface area contributed by atoms with Crippen LogP contribution in [0, 0.1) is 12.7 Å². The Morgan fingerprint density at radius 2 is 1.65 bits per heavy atom. The molecule has 2 aromatic carbocycles. The normalized spacial score (nSPS) is 12.1.